The normalized spacial score (nSPS) is 15.6. The molecule has 0 spiro atoms. The summed E-state index contributed by atoms with van der Waals surface area (Å²) in [6.07, 6.45) is 3.71. The molecule has 3 aromatic rings. The summed E-state index contributed by atoms with van der Waals surface area (Å²) in [6, 6.07) is 9.40. The Hall–Kier alpha value is -3.30. The number of nitrogens with zero attached hydrogens (tertiary/aromatic N) is 5. The van der Waals surface area contributed by atoms with Crippen molar-refractivity contribution in [2.45, 2.75) is 26.3 Å². The minimum atomic E-state index is -0.515. The number of piperazine rings is 1. The van der Waals surface area contributed by atoms with Gasteiger partial charge in [-0.1, -0.05) is 6.07 Å². The second-order valence-electron chi connectivity index (χ2n) is 8.87. The van der Waals surface area contributed by atoms with Gasteiger partial charge in [0.2, 0.25) is 5.95 Å². The van der Waals surface area contributed by atoms with Gasteiger partial charge in [-0.25, -0.2) is 19.3 Å². The van der Waals surface area contributed by atoms with Crippen LogP contribution in [0, 0.1) is 5.82 Å². The molecule has 0 radical (unpaired) electrons. The molecule has 2 aliphatic heterocycles. The first-order valence-electron chi connectivity index (χ1n) is 11.6. The molecule has 0 bridgehead atoms. The lowest BCUT2D eigenvalue weighted by molar-refractivity contribution is 0.0688. The third-order valence-electron chi connectivity index (χ3n) is 6.33. The number of nitrogens with one attached hydrogen (secondary N) is 2. The molecule has 1 fully saturated rings. The van der Waals surface area contributed by atoms with Crippen molar-refractivity contribution in [3.8, 4) is 11.3 Å². The van der Waals surface area contributed by atoms with E-state index in [1.165, 1.54) is 0 Å². The lowest BCUT2D eigenvalue weighted by Crippen LogP contribution is -2.43. The summed E-state index contributed by atoms with van der Waals surface area (Å²) in [5.41, 5.74) is 3.46. The van der Waals surface area contributed by atoms with Gasteiger partial charge >= 0.3 is 0 Å². The van der Waals surface area contributed by atoms with Crippen LogP contribution in [0.15, 0.2) is 42.7 Å². The molecular formula is C25H29ClFN7O. The Balaban J connectivity index is 0.00000289. The van der Waals surface area contributed by atoms with Gasteiger partial charge in [0.1, 0.15) is 11.5 Å². The van der Waals surface area contributed by atoms with E-state index in [-0.39, 0.29) is 36.0 Å². The fourth-order valence-electron chi connectivity index (χ4n) is 4.46. The van der Waals surface area contributed by atoms with Gasteiger partial charge in [-0.15, -0.1) is 12.4 Å². The average molecular weight is 498 g/mol. The quantitative estimate of drug-likeness (QED) is 0.556. The van der Waals surface area contributed by atoms with Gasteiger partial charge in [0.25, 0.3) is 5.91 Å². The predicted molar refractivity (Wildman–Crippen MR) is 137 cm³/mol. The minimum absolute atomic E-state index is 0. The van der Waals surface area contributed by atoms with Gasteiger partial charge in [0.15, 0.2) is 5.82 Å². The number of anilines is 3. The zero-order valence-electron chi connectivity index (χ0n) is 19.8. The molecule has 10 heteroatoms. The van der Waals surface area contributed by atoms with Gasteiger partial charge in [-0.05, 0) is 50.1 Å². The van der Waals surface area contributed by atoms with Gasteiger partial charge in [0, 0.05) is 49.9 Å². The van der Waals surface area contributed by atoms with Crippen LogP contribution in [-0.2, 0) is 6.42 Å². The Morgan fingerprint density at radius 3 is 2.57 bits per heavy atom. The number of carbonyl (C=O) groups excluding carboxylic acids is 1. The van der Waals surface area contributed by atoms with E-state index in [0.29, 0.717) is 23.5 Å². The molecule has 0 saturated carbocycles. The van der Waals surface area contributed by atoms with Crippen molar-refractivity contribution in [2.24, 2.45) is 0 Å². The van der Waals surface area contributed by atoms with Crippen LogP contribution in [0.2, 0.25) is 0 Å². The minimum Gasteiger partial charge on any atom is -0.368 e. The fourth-order valence-corrected chi connectivity index (χ4v) is 4.46. The van der Waals surface area contributed by atoms with Gasteiger partial charge in [0.05, 0.1) is 18.1 Å². The molecule has 1 amide bonds. The molecule has 0 atom stereocenters. The van der Waals surface area contributed by atoms with Crippen LogP contribution < -0.4 is 15.5 Å². The first kappa shape index (κ1) is 24.8. The SMILES string of the molecule is CC(C)N1CCc2cc(-c3nc(Nc4ccc(N5CCNCC5)cn4)ncc3F)ccc2C1=O.Cl. The van der Waals surface area contributed by atoms with Crippen molar-refractivity contribution in [3.63, 3.8) is 0 Å². The average Bonchev–Trinajstić information content (AvgIpc) is 2.86. The molecule has 8 nitrogen and oxygen atoms in total. The summed E-state index contributed by atoms with van der Waals surface area (Å²) >= 11 is 0. The standard InChI is InChI=1S/C25H28FN7O.ClH/c1-16(2)33-10-7-17-13-18(3-5-20(17)24(33)34)23-21(26)15-29-25(31-23)30-22-6-4-19(14-28-22)32-11-8-27-9-12-32;/h3-6,13-16,27H,7-12H2,1-2H3,(H,28,29,30,31);1H. The maximum absolute atomic E-state index is 14.7. The van der Waals surface area contributed by atoms with Crippen molar-refractivity contribution < 1.29 is 9.18 Å². The molecule has 35 heavy (non-hydrogen) atoms. The molecule has 1 aromatic carbocycles. The van der Waals surface area contributed by atoms with Crippen molar-refractivity contribution in [1.82, 2.24) is 25.2 Å². The number of rotatable bonds is 5. The molecule has 5 rings (SSSR count). The Morgan fingerprint density at radius 2 is 1.86 bits per heavy atom. The molecule has 4 heterocycles. The summed E-state index contributed by atoms with van der Waals surface area (Å²) in [5, 5.41) is 6.40. The van der Waals surface area contributed by atoms with Crippen LogP contribution in [-0.4, -0.2) is 64.5 Å². The highest BCUT2D eigenvalue weighted by Gasteiger charge is 2.26. The monoisotopic (exact) mass is 497 g/mol. The van der Waals surface area contributed by atoms with E-state index in [4.69, 9.17) is 0 Å². The van der Waals surface area contributed by atoms with Gasteiger partial charge in [-0.3, -0.25) is 4.79 Å². The second kappa shape index (κ2) is 10.5. The van der Waals surface area contributed by atoms with E-state index in [1.807, 2.05) is 43.1 Å². The lowest BCUT2D eigenvalue weighted by Gasteiger charge is -2.32. The van der Waals surface area contributed by atoms with Crippen molar-refractivity contribution >= 4 is 35.8 Å². The Kier molecular flexibility index (Phi) is 7.47. The molecule has 0 unspecified atom stereocenters. The summed E-state index contributed by atoms with van der Waals surface area (Å²) in [7, 11) is 0. The topological polar surface area (TPSA) is 86.3 Å². The lowest BCUT2D eigenvalue weighted by atomic mass is 9.95. The van der Waals surface area contributed by atoms with Crippen molar-refractivity contribution in [1.29, 1.82) is 0 Å². The third-order valence-corrected chi connectivity index (χ3v) is 6.33. The highest BCUT2D eigenvalue weighted by Crippen LogP contribution is 2.28. The van der Waals surface area contributed by atoms with Crippen LogP contribution >= 0.6 is 12.4 Å². The Morgan fingerprint density at radius 1 is 1.06 bits per heavy atom. The van der Waals surface area contributed by atoms with E-state index in [9.17, 15) is 9.18 Å². The number of carbonyl (C=O) groups is 1. The molecule has 1 saturated heterocycles. The second-order valence-corrected chi connectivity index (χ2v) is 8.87. The number of hydrogen-bond donors (Lipinski definition) is 2. The molecule has 2 aromatic heterocycles. The zero-order valence-corrected chi connectivity index (χ0v) is 20.6. The van der Waals surface area contributed by atoms with Crippen LogP contribution in [0.1, 0.15) is 29.8 Å². The van der Waals surface area contributed by atoms with E-state index in [1.54, 1.807) is 12.1 Å². The van der Waals surface area contributed by atoms with E-state index in [0.717, 1.165) is 50.0 Å². The number of fused-ring (bicyclic) bond motifs is 1. The van der Waals surface area contributed by atoms with E-state index >= 15 is 0 Å². The van der Waals surface area contributed by atoms with Gasteiger partial charge < -0.3 is 20.4 Å². The van der Waals surface area contributed by atoms with Crippen molar-refractivity contribution in [3.05, 3.63) is 59.7 Å². The molecular weight excluding hydrogens is 469 g/mol. The highest BCUT2D eigenvalue weighted by molar-refractivity contribution is 5.97. The third kappa shape index (κ3) is 5.21. The zero-order chi connectivity index (χ0) is 23.7. The number of pyridine rings is 1. The highest BCUT2D eigenvalue weighted by atomic mass is 35.5. The number of hydrogen-bond acceptors (Lipinski definition) is 7. The number of benzene rings is 1. The van der Waals surface area contributed by atoms with Crippen LogP contribution in [0.4, 0.5) is 21.8 Å². The summed E-state index contributed by atoms with van der Waals surface area (Å²) in [5.74, 6) is 0.349. The maximum atomic E-state index is 14.7. The van der Waals surface area contributed by atoms with E-state index in [2.05, 4.69) is 30.5 Å². The van der Waals surface area contributed by atoms with Gasteiger partial charge in [-0.2, -0.15) is 0 Å². The Labute approximate surface area is 210 Å². The molecule has 2 aliphatic rings. The van der Waals surface area contributed by atoms with Crippen LogP contribution in [0.3, 0.4) is 0 Å². The molecule has 0 aliphatic carbocycles. The maximum Gasteiger partial charge on any atom is 0.254 e. The summed E-state index contributed by atoms with van der Waals surface area (Å²) in [6.45, 7) is 8.48. The number of halogens is 2. The van der Waals surface area contributed by atoms with Crippen LogP contribution in [0.5, 0.6) is 0 Å². The molecule has 184 valence electrons. The fraction of sp³-hybridized carbons (Fsp3) is 0.360. The molecule has 2 N–H and O–H groups in total. The summed E-state index contributed by atoms with van der Waals surface area (Å²) < 4.78 is 14.7. The van der Waals surface area contributed by atoms with Crippen LogP contribution in [0.25, 0.3) is 11.3 Å². The van der Waals surface area contributed by atoms with Crippen molar-refractivity contribution in [2.75, 3.05) is 42.9 Å². The summed E-state index contributed by atoms with van der Waals surface area (Å²) in [4.78, 5) is 29.9. The smallest absolute Gasteiger partial charge is 0.254 e. The first-order chi connectivity index (χ1) is 16.5. The predicted octanol–water partition coefficient (Wildman–Crippen LogP) is 3.66. The first-order valence-corrected chi connectivity index (χ1v) is 11.6. The number of aromatic nitrogens is 3. The largest absolute Gasteiger partial charge is 0.368 e. The van der Waals surface area contributed by atoms with E-state index < -0.39 is 5.82 Å². The number of amides is 1. The Bertz CT molecular complexity index is 1200.